The fraction of sp³-hybridized carbons (Fsp3) is 0.250. The van der Waals surface area contributed by atoms with Gasteiger partial charge in [-0.25, -0.2) is 0 Å². The lowest BCUT2D eigenvalue weighted by atomic mass is 9.69. The third-order valence-electron chi connectivity index (χ3n) is 8.89. The summed E-state index contributed by atoms with van der Waals surface area (Å²) in [4.78, 5) is 2.85. The molecule has 2 heterocycles. The molecule has 5 atom stereocenters. The van der Waals surface area contributed by atoms with Crippen LogP contribution >= 0.6 is 0 Å². The Kier molecular flexibility index (Phi) is 3.63. The first kappa shape index (κ1) is 18.1. The summed E-state index contributed by atoms with van der Waals surface area (Å²) < 4.78 is 0. The van der Waals surface area contributed by atoms with Gasteiger partial charge in [-0.1, -0.05) is 91.0 Å². The Balaban J connectivity index is 1.46. The average molecular weight is 426 g/mol. The first-order valence-corrected chi connectivity index (χ1v) is 12.5. The molecule has 2 aliphatic heterocycles. The number of hydrogen-bond donors (Lipinski definition) is 0. The average Bonchev–Trinajstić information content (AvgIpc) is 3.53. The van der Waals surface area contributed by atoms with Crippen LogP contribution in [0.3, 0.4) is 0 Å². The van der Waals surface area contributed by atoms with E-state index in [1.807, 2.05) is 0 Å². The number of rotatable bonds is 1. The van der Waals surface area contributed by atoms with Gasteiger partial charge in [-0.3, -0.25) is 0 Å². The van der Waals surface area contributed by atoms with E-state index in [9.17, 15) is 0 Å². The van der Waals surface area contributed by atoms with Crippen molar-refractivity contribution in [1.29, 1.82) is 0 Å². The van der Waals surface area contributed by atoms with E-state index >= 15 is 0 Å². The fourth-order valence-corrected chi connectivity index (χ4v) is 7.59. The molecule has 0 saturated carbocycles. The van der Waals surface area contributed by atoms with Crippen LogP contribution < -0.4 is 4.90 Å². The fourth-order valence-electron chi connectivity index (χ4n) is 7.59. The first-order valence-electron chi connectivity index (χ1n) is 12.5. The van der Waals surface area contributed by atoms with Gasteiger partial charge in [-0.2, -0.15) is 0 Å². The number of allylic oxidation sites excluding steroid dienone is 4. The van der Waals surface area contributed by atoms with Gasteiger partial charge in [0.1, 0.15) is 0 Å². The van der Waals surface area contributed by atoms with E-state index in [0.29, 0.717) is 29.7 Å². The van der Waals surface area contributed by atoms with Crippen LogP contribution in [0.2, 0.25) is 0 Å². The minimum atomic E-state index is 0.421. The van der Waals surface area contributed by atoms with Crippen molar-refractivity contribution in [2.45, 2.75) is 30.7 Å². The molecule has 1 heteroatoms. The molecule has 4 aliphatic rings. The second kappa shape index (κ2) is 6.60. The summed E-state index contributed by atoms with van der Waals surface area (Å²) >= 11 is 0. The molecule has 4 aromatic rings. The normalized spacial score (nSPS) is 28.8. The van der Waals surface area contributed by atoms with Crippen LogP contribution in [0.4, 0.5) is 5.69 Å². The maximum Gasteiger partial charge on any atom is 0.0588 e. The summed E-state index contributed by atoms with van der Waals surface area (Å²) in [5.41, 5.74) is 6.22. The van der Waals surface area contributed by atoms with Gasteiger partial charge in [0.25, 0.3) is 0 Å². The third kappa shape index (κ3) is 2.38. The quantitative estimate of drug-likeness (QED) is 0.280. The lowest BCUT2D eigenvalue weighted by Gasteiger charge is -2.52. The molecule has 1 nitrogen and oxygen atoms in total. The summed E-state index contributed by atoms with van der Waals surface area (Å²) in [6.07, 6.45) is 12.3. The van der Waals surface area contributed by atoms with Gasteiger partial charge in [0, 0.05) is 24.1 Å². The van der Waals surface area contributed by atoms with E-state index in [-0.39, 0.29) is 0 Å². The number of nitrogens with zero attached hydrogens (tertiary/aromatic N) is 1. The monoisotopic (exact) mass is 425 g/mol. The third-order valence-corrected chi connectivity index (χ3v) is 8.89. The predicted octanol–water partition coefficient (Wildman–Crippen LogP) is 7.89. The molecule has 8 rings (SSSR count). The highest BCUT2D eigenvalue weighted by atomic mass is 15.2. The Hall–Kier alpha value is -3.32. The van der Waals surface area contributed by atoms with Crippen molar-refractivity contribution in [3.8, 4) is 0 Å². The number of hydrogen-bond acceptors (Lipinski definition) is 1. The van der Waals surface area contributed by atoms with E-state index in [1.54, 1.807) is 16.8 Å². The van der Waals surface area contributed by atoms with Gasteiger partial charge in [-0.05, 0) is 69.0 Å². The molecule has 0 fully saturated rings. The van der Waals surface area contributed by atoms with Crippen LogP contribution in [-0.4, -0.2) is 6.54 Å². The van der Waals surface area contributed by atoms with E-state index in [1.165, 1.54) is 39.9 Å². The summed E-state index contributed by atoms with van der Waals surface area (Å²) in [6, 6.07) is 28.0. The zero-order chi connectivity index (χ0) is 21.5. The summed E-state index contributed by atoms with van der Waals surface area (Å²) in [7, 11) is 0. The molecule has 0 unspecified atom stereocenters. The molecule has 160 valence electrons. The van der Waals surface area contributed by atoms with Crippen LogP contribution in [0.15, 0.2) is 97.1 Å². The molecular weight excluding hydrogens is 398 g/mol. The number of benzene rings is 4. The number of fused-ring (bicyclic) bond motifs is 7. The molecule has 0 radical (unpaired) electrons. The van der Waals surface area contributed by atoms with E-state index in [4.69, 9.17) is 0 Å². The van der Waals surface area contributed by atoms with E-state index < -0.39 is 0 Å². The van der Waals surface area contributed by atoms with Gasteiger partial charge >= 0.3 is 0 Å². The molecule has 0 N–H and O–H groups in total. The van der Waals surface area contributed by atoms with Gasteiger partial charge in [0.05, 0.1) is 6.04 Å². The molecule has 0 bridgehead atoms. The van der Waals surface area contributed by atoms with E-state index in [0.717, 1.165) is 6.54 Å². The minimum Gasteiger partial charge on any atom is -0.363 e. The van der Waals surface area contributed by atoms with Crippen LogP contribution in [0.25, 0.3) is 21.5 Å². The number of anilines is 1. The second-order valence-electron chi connectivity index (χ2n) is 10.4. The SMILES string of the molecule is C1=C[C@@H]2c3cc4ccccc4c4c3N(C[C@H]2C1)[C@H](c1cccc2ccccc12)[C@H]1CC=C[C@H]41. The molecule has 4 aromatic carbocycles. The molecule has 0 spiro atoms. The summed E-state index contributed by atoms with van der Waals surface area (Å²) in [6.45, 7) is 1.16. The maximum atomic E-state index is 2.85. The summed E-state index contributed by atoms with van der Waals surface area (Å²) in [5, 5.41) is 5.65. The predicted molar refractivity (Wildman–Crippen MR) is 138 cm³/mol. The summed E-state index contributed by atoms with van der Waals surface area (Å²) in [5.74, 6) is 2.34. The lowest BCUT2D eigenvalue weighted by Crippen LogP contribution is -2.46. The largest absolute Gasteiger partial charge is 0.363 e. The smallest absolute Gasteiger partial charge is 0.0588 e. The van der Waals surface area contributed by atoms with Crippen LogP contribution in [0, 0.1) is 11.8 Å². The molecule has 2 aliphatic carbocycles. The Morgan fingerprint density at radius 2 is 1.42 bits per heavy atom. The van der Waals surface area contributed by atoms with Crippen molar-refractivity contribution in [3.05, 3.63) is 114 Å². The van der Waals surface area contributed by atoms with Gasteiger partial charge < -0.3 is 4.90 Å². The van der Waals surface area contributed by atoms with Gasteiger partial charge in [-0.15, -0.1) is 0 Å². The van der Waals surface area contributed by atoms with Crippen molar-refractivity contribution >= 4 is 27.2 Å². The van der Waals surface area contributed by atoms with Crippen molar-refractivity contribution in [2.75, 3.05) is 11.4 Å². The van der Waals surface area contributed by atoms with Crippen molar-refractivity contribution in [2.24, 2.45) is 11.8 Å². The van der Waals surface area contributed by atoms with Crippen molar-refractivity contribution in [1.82, 2.24) is 0 Å². The molecule has 0 saturated heterocycles. The van der Waals surface area contributed by atoms with Crippen LogP contribution in [0.1, 0.15) is 47.4 Å². The topological polar surface area (TPSA) is 3.24 Å². The highest BCUT2D eigenvalue weighted by Crippen LogP contribution is 2.60. The van der Waals surface area contributed by atoms with E-state index in [2.05, 4.69) is 102 Å². The molecule has 0 aromatic heterocycles. The van der Waals surface area contributed by atoms with Crippen molar-refractivity contribution < 1.29 is 0 Å². The van der Waals surface area contributed by atoms with Gasteiger partial charge in [0.15, 0.2) is 0 Å². The Morgan fingerprint density at radius 1 is 0.667 bits per heavy atom. The van der Waals surface area contributed by atoms with Crippen LogP contribution in [0.5, 0.6) is 0 Å². The Labute approximate surface area is 195 Å². The van der Waals surface area contributed by atoms with Gasteiger partial charge in [0.2, 0.25) is 0 Å². The molecule has 33 heavy (non-hydrogen) atoms. The van der Waals surface area contributed by atoms with Crippen molar-refractivity contribution in [3.63, 3.8) is 0 Å². The second-order valence-corrected chi connectivity index (χ2v) is 10.4. The standard InChI is InChI=1S/C32H27N/c1-3-12-23-20(8-1)10-5-16-27(23)31-28-17-7-15-26(28)30-25-13-4-2-9-21(25)18-29-24-14-6-11-22(24)19-33(31)32(29)30/h1-10,12-16,18,22,24,26,28,31H,11,17,19H2/t22-,24+,26+,28+,31-/m1/s1. The maximum absolute atomic E-state index is 2.85. The molecular formula is C32H27N. The zero-order valence-corrected chi connectivity index (χ0v) is 18.7. The first-order chi connectivity index (χ1) is 16.4. The molecule has 0 amide bonds. The lowest BCUT2D eigenvalue weighted by molar-refractivity contribution is 0.338. The minimum absolute atomic E-state index is 0.421. The Morgan fingerprint density at radius 3 is 2.36 bits per heavy atom. The van der Waals surface area contributed by atoms with Crippen LogP contribution in [-0.2, 0) is 0 Å². The highest BCUT2D eigenvalue weighted by molar-refractivity contribution is 5.95. The highest BCUT2D eigenvalue weighted by Gasteiger charge is 2.48. The zero-order valence-electron chi connectivity index (χ0n) is 18.7. The Bertz CT molecular complexity index is 1490.